The lowest BCUT2D eigenvalue weighted by Gasteiger charge is -2.28. The molecule has 0 fully saturated rings. The molecule has 1 amide bonds. The molecule has 2 aromatic carbocycles. The molecule has 0 bridgehead atoms. The van der Waals surface area contributed by atoms with Crippen LogP contribution >= 0.6 is 11.8 Å². The first-order valence-corrected chi connectivity index (χ1v) is 10.8. The van der Waals surface area contributed by atoms with E-state index in [2.05, 4.69) is 35.0 Å². The van der Waals surface area contributed by atoms with E-state index in [4.69, 9.17) is 4.74 Å². The molecule has 1 aliphatic heterocycles. The van der Waals surface area contributed by atoms with Crippen molar-refractivity contribution in [2.75, 3.05) is 19.4 Å². The summed E-state index contributed by atoms with van der Waals surface area (Å²) in [5, 5.41) is 9.41. The maximum Gasteiger partial charge on any atom is 0.233 e. The molecule has 6 nitrogen and oxygen atoms in total. The molecule has 0 radical (unpaired) electrons. The second kappa shape index (κ2) is 9.17. The van der Waals surface area contributed by atoms with E-state index in [0.29, 0.717) is 29.8 Å². The van der Waals surface area contributed by atoms with E-state index in [1.807, 2.05) is 39.8 Å². The lowest BCUT2D eigenvalue weighted by Crippen LogP contribution is -2.37. The van der Waals surface area contributed by atoms with E-state index in [0.717, 1.165) is 24.3 Å². The fraction of sp³-hybridized carbons (Fsp3) is 0.261. The number of hydrogen-bond acceptors (Lipinski definition) is 5. The van der Waals surface area contributed by atoms with Gasteiger partial charge in [-0.25, -0.2) is 0 Å². The highest BCUT2D eigenvalue weighted by molar-refractivity contribution is 7.99. The Labute approximate surface area is 180 Å². The topological polar surface area (TPSA) is 60.2 Å². The van der Waals surface area contributed by atoms with Crippen molar-refractivity contribution in [3.63, 3.8) is 0 Å². The number of benzene rings is 2. The summed E-state index contributed by atoms with van der Waals surface area (Å²) >= 11 is 1.41. The minimum absolute atomic E-state index is 0.112. The van der Waals surface area contributed by atoms with Gasteiger partial charge in [0.2, 0.25) is 5.91 Å². The highest BCUT2D eigenvalue weighted by Gasteiger charge is 2.22. The maximum absolute atomic E-state index is 12.8. The van der Waals surface area contributed by atoms with E-state index in [1.165, 1.54) is 22.9 Å². The third-order valence-electron chi connectivity index (χ3n) is 5.18. The smallest absolute Gasteiger partial charge is 0.233 e. The van der Waals surface area contributed by atoms with Crippen LogP contribution in [0.1, 0.15) is 11.1 Å². The summed E-state index contributed by atoms with van der Waals surface area (Å²) in [6.07, 6.45) is 2.70. The Morgan fingerprint density at radius 2 is 1.93 bits per heavy atom. The third kappa shape index (κ3) is 4.11. The summed E-state index contributed by atoms with van der Waals surface area (Å²) in [7, 11) is 1.64. The zero-order valence-corrected chi connectivity index (χ0v) is 17.8. The van der Waals surface area contributed by atoms with Gasteiger partial charge in [0, 0.05) is 19.6 Å². The van der Waals surface area contributed by atoms with Crippen molar-refractivity contribution in [2.24, 2.45) is 0 Å². The molecule has 3 aromatic rings. The number of carbonyl (C=O) groups is 1. The standard InChI is InChI=1S/C23H24N4O2S/c1-3-13-27-22(19-10-6-7-11-20(19)29-2)24-25-23(27)30-16-21(28)26-14-12-17-8-4-5-9-18(17)15-26/h3-11H,1,12-16H2,2H3. The van der Waals surface area contributed by atoms with Gasteiger partial charge >= 0.3 is 0 Å². The third-order valence-corrected chi connectivity index (χ3v) is 6.14. The van der Waals surface area contributed by atoms with Gasteiger partial charge in [-0.15, -0.1) is 16.8 Å². The molecule has 7 heteroatoms. The molecule has 0 saturated heterocycles. The van der Waals surface area contributed by atoms with Gasteiger partial charge in [-0.2, -0.15) is 0 Å². The zero-order valence-electron chi connectivity index (χ0n) is 17.0. The monoisotopic (exact) mass is 420 g/mol. The van der Waals surface area contributed by atoms with E-state index in [-0.39, 0.29) is 5.91 Å². The first-order valence-electron chi connectivity index (χ1n) is 9.86. The van der Waals surface area contributed by atoms with Crippen LogP contribution in [0.4, 0.5) is 0 Å². The first-order chi connectivity index (χ1) is 14.7. The summed E-state index contributed by atoms with van der Waals surface area (Å²) in [5.74, 6) is 1.87. The maximum atomic E-state index is 12.8. The van der Waals surface area contributed by atoms with Gasteiger partial charge in [0.15, 0.2) is 11.0 Å². The molecule has 0 N–H and O–H groups in total. The van der Waals surface area contributed by atoms with Crippen molar-refractivity contribution in [1.29, 1.82) is 0 Å². The van der Waals surface area contributed by atoms with Crippen molar-refractivity contribution in [3.8, 4) is 17.1 Å². The van der Waals surface area contributed by atoms with Crippen LogP contribution < -0.4 is 4.74 Å². The number of aromatic nitrogens is 3. The van der Waals surface area contributed by atoms with Gasteiger partial charge in [-0.3, -0.25) is 9.36 Å². The molecule has 0 atom stereocenters. The number of allylic oxidation sites excluding steroid dienone is 1. The fourth-order valence-electron chi connectivity index (χ4n) is 3.64. The molecular weight excluding hydrogens is 396 g/mol. The Hall–Kier alpha value is -3.06. The zero-order chi connectivity index (χ0) is 20.9. The summed E-state index contributed by atoms with van der Waals surface area (Å²) in [5.41, 5.74) is 3.43. The molecule has 0 unspecified atom stereocenters. The minimum atomic E-state index is 0.112. The van der Waals surface area contributed by atoms with Gasteiger partial charge in [0.25, 0.3) is 0 Å². The number of methoxy groups -OCH3 is 1. The molecule has 1 aromatic heterocycles. The number of nitrogens with zero attached hydrogens (tertiary/aromatic N) is 4. The van der Waals surface area contributed by atoms with Crippen LogP contribution in [0.2, 0.25) is 0 Å². The quantitative estimate of drug-likeness (QED) is 0.430. The van der Waals surface area contributed by atoms with Gasteiger partial charge in [0.05, 0.1) is 18.4 Å². The predicted molar refractivity (Wildman–Crippen MR) is 118 cm³/mol. The number of para-hydroxylation sites is 1. The highest BCUT2D eigenvalue weighted by Crippen LogP contribution is 2.31. The molecule has 0 spiro atoms. The number of carbonyl (C=O) groups excluding carboxylic acids is 1. The van der Waals surface area contributed by atoms with Crippen molar-refractivity contribution in [3.05, 3.63) is 72.3 Å². The van der Waals surface area contributed by atoms with Crippen molar-refractivity contribution in [2.45, 2.75) is 24.7 Å². The van der Waals surface area contributed by atoms with Gasteiger partial charge in [-0.05, 0) is 29.7 Å². The van der Waals surface area contributed by atoms with Gasteiger partial charge in [0.1, 0.15) is 5.75 Å². The molecule has 0 saturated carbocycles. The molecule has 0 aliphatic carbocycles. The molecule has 2 heterocycles. The second-order valence-corrected chi connectivity index (χ2v) is 7.97. The van der Waals surface area contributed by atoms with E-state index in [9.17, 15) is 4.79 Å². The first kappa shape index (κ1) is 20.2. The number of thioether (sulfide) groups is 1. The van der Waals surface area contributed by atoms with Crippen LogP contribution in [0.5, 0.6) is 5.75 Å². The highest BCUT2D eigenvalue weighted by atomic mass is 32.2. The Balaban J connectivity index is 1.49. The molecule has 4 rings (SSSR count). The molecular formula is C23H24N4O2S. The van der Waals surface area contributed by atoms with Gasteiger partial charge < -0.3 is 9.64 Å². The SMILES string of the molecule is C=CCn1c(SCC(=O)N2CCc3ccccc3C2)nnc1-c1ccccc1OC. The number of rotatable bonds is 7. The number of fused-ring (bicyclic) bond motifs is 1. The minimum Gasteiger partial charge on any atom is -0.496 e. The van der Waals surface area contributed by atoms with Crippen LogP contribution in [-0.2, 0) is 24.3 Å². The predicted octanol–water partition coefficient (Wildman–Crippen LogP) is 3.82. The average molecular weight is 421 g/mol. The number of amides is 1. The number of hydrogen-bond donors (Lipinski definition) is 0. The Morgan fingerprint density at radius 1 is 1.17 bits per heavy atom. The van der Waals surface area contributed by atoms with E-state index < -0.39 is 0 Å². The Kier molecular flexibility index (Phi) is 6.18. The summed E-state index contributed by atoms with van der Waals surface area (Å²) in [4.78, 5) is 14.8. The van der Waals surface area contributed by atoms with Crippen LogP contribution in [0.3, 0.4) is 0 Å². The Morgan fingerprint density at radius 3 is 2.73 bits per heavy atom. The summed E-state index contributed by atoms with van der Waals surface area (Å²) in [6, 6.07) is 16.0. The molecule has 1 aliphatic rings. The van der Waals surface area contributed by atoms with Crippen molar-refractivity contribution >= 4 is 17.7 Å². The van der Waals surface area contributed by atoms with E-state index in [1.54, 1.807) is 13.2 Å². The molecule has 154 valence electrons. The fourth-order valence-corrected chi connectivity index (χ4v) is 4.49. The molecule has 30 heavy (non-hydrogen) atoms. The van der Waals surface area contributed by atoms with Crippen molar-refractivity contribution in [1.82, 2.24) is 19.7 Å². The van der Waals surface area contributed by atoms with Crippen LogP contribution in [0.25, 0.3) is 11.4 Å². The average Bonchev–Trinajstić information content (AvgIpc) is 3.19. The van der Waals surface area contributed by atoms with Crippen LogP contribution in [0, 0.1) is 0 Å². The normalized spacial score (nSPS) is 13.0. The lowest BCUT2D eigenvalue weighted by atomic mass is 10.00. The van der Waals surface area contributed by atoms with Crippen LogP contribution in [0.15, 0.2) is 66.3 Å². The van der Waals surface area contributed by atoms with E-state index >= 15 is 0 Å². The second-order valence-electron chi connectivity index (χ2n) is 7.03. The largest absolute Gasteiger partial charge is 0.496 e. The van der Waals surface area contributed by atoms with Crippen LogP contribution in [-0.4, -0.2) is 45.0 Å². The lowest BCUT2D eigenvalue weighted by molar-refractivity contribution is -0.129. The number of ether oxygens (including phenoxy) is 1. The van der Waals surface area contributed by atoms with Gasteiger partial charge in [-0.1, -0.05) is 54.2 Å². The summed E-state index contributed by atoms with van der Waals surface area (Å²) < 4.78 is 7.44. The summed E-state index contributed by atoms with van der Waals surface area (Å²) in [6.45, 7) is 5.82. The van der Waals surface area contributed by atoms with Crippen molar-refractivity contribution < 1.29 is 9.53 Å². The Bertz CT molecular complexity index is 1060.